The number of carbonyl (C=O) groups is 1. The van der Waals surface area contributed by atoms with Crippen molar-refractivity contribution in [2.45, 2.75) is 25.9 Å². The van der Waals surface area contributed by atoms with Crippen LogP contribution in [0.25, 0.3) is 0 Å². The number of carbonyl (C=O) groups excluding carboxylic acids is 1. The van der Waals surface area contributed by atoms with Gasteiger partial charge in [0.2, 0.25) is 0 Å². The van der Waals surface area contributed by atoms with Crippen LogP contribution < -0.4 is 0 Å². The minimum atomic E-state index is -0.385. The molecule has 0 fully saturated rings. The standard InChI is InChI=1S/C7H12O2/c1-4-5-7(2,3)9-6-8/h4,6H,1,5H2,2-3H3. The van der Waals surface area contributed by atoms with Gasteiger partial charge in [-0.2, -0.15) is 0 Å². The van der Waals surface area contributed by atoms with Crippen molar-refractivity contribution in [3.05, 3.63) is 12.7 Å². The summed E-state index contributed by atoms with van der Waals surface area (Å²) in [4.78, 5) is 9.84. The smallest absolute Gasteiger partial charge is 0.293 e. The molecule has 0 aromatic carbocycles. The lowest BCUT2D eigenvalue weighted by molar-refractivity contribution is -0.139. The summed E-state index contributed by atoms with van der Waals surface area (Å²) in [6.45, 7) is 7.67. The van der Waals surface area contributed by atoms with Crippen LogP contribution in [0.15, 0.2) is 12.7 Å². The fraction of sp³-hybridized carbons (Fsp3) is 0.571. The third-order valence-electron chi connectivity index (χ3n) is 1.00. The Morgan fingerprint density at radius 1 is 1.67 bits per heavy atom. The fourth-order valence-electron chi connectivity index (χ4n) is 0.526. The molecule has 0 saturated heterocycles. The van der Waals surface area contributed by atoms with Crippen LogP contribution in [-0.4, -0.2) is 12.1 Å². The summed E-state index contributed by atoms with van der Waals surface area (Å²) in [6, 6.07) is 0. The van der Waals surface area contributed by atoms with E-state index in [1.165, 1.54) is 0 Å². The first kappa shape index (κ1) is 8.21. The van der Waals surface area contributed by atoms with Crippen LogP contribution in [-0.2, 0) is 9.53 Å². The maximum absolute atomic E-state index is 9.84. The van der Waals surface area contributed by atoms with Gasteiger partial charge in [-0.05, 0) is 13.8 Å². The minimum Gasteiger partial charge on any atom is -0.462 e. The quantitative estimate of drug-likeness (QED) is 0.424. The summed E-state index contributed by atoms with van der Waals surface area (Å²) in [7, 11) is 0. The van der Waals surface area contributed by atoms with Crippen molar-refractivity contribution in [1.29, 1.82) is 0 Å². The predicted molar refractivity (Wildman–Crippen MR) is 36.0 cm³/mol. The molecule has 0 unspecified atom stereocenters. The largest absolute Gasteiger partial charge is 0.462 e. The van der Waals surface area contributed by atoms with E-state index < -0.39 is 0 Å². The molecule has 2 heteroatoms. The van der Waals surface area contributed by atoms with Crippen LogP contribution in [0.3, 0.4) is 0 Å². The molecule has 0 N–H and O–H groups in total. The molecule has 0 heterocycles. The predicted octanol–water partition coefficient (Wildman–Crippen LogP) is 1.51. The molecule has 0 aromatic rings. The molecule has 0 radical (unpaired) electrons. The maximum Gasteiger partial charge on any atom is 0.293 e. The van der Waals surface area contributed by atoms with Crippen LogP contribution in [0.1, 0.15) is 20.3 Å². The normalized spacial score (nSPS) is 10.4. The molecule has 9 heavy (non-hydrogen) atoms. The fourth-order valence-corrected chi connectivity index (χ4v) is 0.526. The molecule has 0 atom stereocenters. The zero-order valence-electron chi connectivity index (χ0n) is 5.89. The van der Waals surface area contributed by atoms with Crippen LogP contribution in [0, 0.1) is 0 Å². The molecule has 0 spiro atoms. The van der Waals surface area contributed by atoms with Crippen LogP contribution in [0.2, 0.25) is 0 Å². The Hall–Kier alpha value is -0.790. The first-order valence-electron chi connectivity index (χ1n) is 2.85. The minimum absolute atomic E-state index is 0.385. The van der Waals surface area contributed by atoms with E-state index in [2.05, 4.69) is 6.58 Å². The van der Waals surface area contributed by atoms with Crippen molar-refractivity contribution in [2.75, 3.05) is 0 Å². The lowest BCUT2D eigenvalue weighted by atomic mass is 10.1. The Balaban J connectivity index is 3.68. The molecule has 0 aliphatic heterocycles. The Morgan fingerprint density at radius 2 is 2.22 bits per heavy atom. The highest BCUT2D eigenvalue weighted by Gasteiger charge is 2.15. The lowest BCUT2D eigenvalue weighted by Gasteiger charge is -2.19. The second kappa shape index (κ2) is 3.28. The molecular formula is C7H12O2. The van der Waals surface area contributed by atoms with E-state index in [1.807, 2.05) is 13.8 Å². The van der Waals surface area contributed by atoms with Crippen molar-refractivity contribution in [3.8, 4) is 0 Å². The second-order valence-corrected chi connectivity index (χ2v) is 2.47. The molecule has 0 aliphatic carbocycles. The zero-order valence-corrected chi connectivity index (χ0v) is 5.89. The average Bonchev–Trinajstić information content (AvgIpc) is 1.64. The van der Waals surface area contributed by atoms with Gasteiger partial charge in [0.25, 0.3) is 6.47 Å². The first-order valence-corrected chi connectivity index (χ1v) is 2.85. The second-order valence-electron chi connectivity index (χ2n) is 2.47. The summed E-state index contributed by atoms with van der Waals surface area (Å²) in [5.74, 6) is 0. The Morgan fingerprint density at radius 3 is 2.56 bits per heavy atom. The van der Waals surface area contributed by atoms with Crippen molar-refractivity contribution in [3.63, 3.8) is 0 Å². The van der Waals surface area contributed by atoms with Gasteiger partial charge in [-0.3, -0.25) is 4.79 Å². The third-order valence-corrected chi connectivity index (χ3v) is 1.00. The number of hydrogen-bond acceptors (Lipinski definition) is 2. The molecule has 0 amide bonds. The monoisotopic (exact) mass is 128 g/mol. The van der Waals surface area contributed by atoms with E-state index in [9.17, 15) is 4.79 Å². The van der Waals surface area contributed by atoms with Crippen molar-refractivity contribution < 1.29 is 9.53 Å². The van der Waals surface area contributed by atoms with Gasteiger partial charge in [0.1, 0.15) is 5.60 Å². The summed E-state index contributed by atoms with van der Waals surface area (Å²) in [6.07, 6.45) is 2.41. The van der Waals surface area contributed by atoms with Crippen LogP contribution in [0.5, 0.6) is 0 Å². The van der Waals surface area contributed by atoms with E-state index in [0.717, 1.165) is 0 Å². The highest BCUT2D eigenvalue weighted by atomic mass is 16.5. The SMILES string of the molecule is C=CCC(C)(C)OC=O. The molecule has 2 nitrogen and oxygen atoms in total. The van der Waals surface area contributed by atoms with Crippen molar-refractivity contribution in [2.24, 2.45) is 0 Å². The Kier molecular flexibility index (Phi) is 2.99. The summed E-state index contributed by atoms with van der Waals surface area (Å²) >= 11 is 0. The highest BCUT2D eigenvalue weighted by molar-refractivity contribution is 5.38. The lowest BCUT2D eigenvalue weighted by Crippen LogP contribution is -2.22. The van der Waals surface area contributed by atoms with Gasteiger partial charge in [-0.15, -0.1) is 6.58 Å². The van der Waals surface area contributed by atoms with Gasteiger partial charge >= 0.3 is 0 Å². The van der Waals surface area contributed by atoms with E-state index in [-0.39, 0.29) is 5.60 Å². The third kappa shape index (κ3) is 3.76. The first-order chi connectivity index (χ1) is 4.12. The number of hydrogen-bond donors (Lipinski definition) is 0. The molecule has 0 saturated carbocycles. The summed E-state index contributed by atoms with van der Waals surface area (Å²) in [5, 5.41) is 0. The highest BCUT2D eigenvalue weighted by Crippen LogP contribution is 2.12. The van der Waals surface area contributed by atoms with Crippen LogP contribution >= 0.6 is 0 Å². The van der Waals surface area contributed by atoms with Gasteiger partial charge in [0.05, 0.1) is 0 Å². The maximum atomic E-state index is 9.84. The molecule has 0 bridgehead atoms. The summed E-state index contributed by atoms with van der Waals surface area (Å²) in [5.41, 5.74) is -0.385. The van der Waals surface area contributed by atoms with E-state index >= 15 is 0 Å². The molecule has 0 aliphatic rings. The molecular weight excluding hydrogens is 116 g/mol. The van der Waals surface area contributed by atoms with Gasteiger partial charge in [0.15, 0.2) is 0 Å². The van der Waals surface area contributed by atoms with Crippen LogP contribution in [0.4, 0.5) is 0 Å². The van der Waals surface area contributed by atoms with Crippen molar-refractivity contribution >= 4 is 6.47 Å². The average molecular weight is 128 g/mol. The zero-order chi connectivity index (χ0) is 7.33. The van der Waals surface area contributed by atoms with E-state index in [0.29, 0.717) is 12.9 Å². The molecule has 0 aromatic heterocycles. The summed E-state index contributed by atoms with van der Waals surface area (Å²) < 4.78 is 4.72. The van der Waals surface area contributed by atoms with Gasteiger partial charge in [0, 0.05) is 6.42 Å². The number of ether oxygens (including phenoxy) is 1. The Bertz CT molecular complexity index is 93.5. The van der Waals surface area contributed by atoms with Gasteiger partial charge in [-0.25, -0.2) is 0 Å². The number of rotatable bonds is 4. The van der Waals surface area contributed by atoms with Gasteiger partial charge < -0.3 is 4.74 Å². The molecule has 52 valence electrons. The van der Waals surface area contributed by atoms with E-state index in [4.69, 9.17) is 4.74 Å². The van der Waals surface area contributed by atoms with Crippen molar-refractivity contribution in [1.82, 2.24) is 0 Å². The topological polar surface area (TPSA) is 26.3 Å². The Labute approximate surface area is 55.5 Å². The molecule has 0 rings (SSSR count). The van der Waals surface area contributed by atoms with Gasteiger partial charge in [-0.1, -0.05) is 6.08 Å². The van der Waals surface area contributed by atoms with E-state index in [1.54, 1.807) is 6.08 Å².